The molecule has 118 valence electrons. The molecule has 0 saturated carbocycles. The third-order valence-corrected chi connectivity index (χ3v) is 6.34. The van der Waals surface area contributed by atoms with E-state index >= 15 is 0 Å². The van der Waals surface area contributed by atoms with Crippen LogP contribution in [0, 0.1) is 5.82 Å². The summed E-state index contributed by atoms with van der Waals surface area (Å²) in [4.78, 5) is 0.0332. The fraction of sp³-hybridized carbons (Fsp3) is 0.571. The van der Waals surface area contributed by atoms with Crippen LogP contribution in [0.1, 0.15) is 25.7 Å². The molecule has 3 rings (SSSR count). The first-order valence-electron chi connectivity index (χ1n) is 6.96. The van der Waals surface area contributed by atoms with Crippen molar-refractivity contribution in [3.05, 3.63) is 30.1 Å². The average molecular weight is 335 g/mol. The third-order valence-electron chi connectivity index (χ3n) is 4.44. The number of hydrogen-bond acceptors (Lipinski definition) is 3. The monoisotopic (exact) mass is 334 g/mol. The van der Waals surface area contributed by atoms with Gasteiger partial charge in [0.15, 0.2) is 0 Å². The van der Waals surface area contributed by atoms with Crippen LogP contribution in [-0.2, 0) is 10.0 Å². The average Bonchev–Trinajstić information content (AvgIpc) is 2.76. The lowest BCUT2D eigenvalue weighted by Crippen LogP contribution is -2.48. The van der Waals surface area contributed by atoms with Crippen molar-refractivity contribution in [2.75, 3.05) is 7.05 Å². The fourth-order valence-electron chi connectivity index (χ4n) is 3.31. The van der Waals surface area contributed by atoms with Gasteiger partial charge in [-0.15, -0.1) is 12.4 Å². The van der Waals surface area contributed by atoms with Crippen molar-refractivity contribution in [3.63, 3.8) is 0 Å². The topological polar surface area (TPSA) is 49.4 Å². The second-order valence-electron chi connectivity index (χ2n) is 5.74. The first-order chi connectivity index (χ1) is 9.46. The van der Waals surface area contributed by atoms with Crippen molar-refractivity contribution in [1.82, 2.24) is 9.62 Å². The van der Waals surface area contributed by atoms with Gasteiger partial charge in [-0.25, -0.2) is 12.8 Å². The lowest BCUT2D eigenvalue weighted by Gasteiger charge is -2.34. The van der Waals surface area contributed by atoms with E-state index in [2.05, 4.69) is 5.32 Å². The highest BCUT2D eigenvalue weighted by molar-refractivity contribution is 7.89. The summed E-state index contributed by atoms with van der Waals surface area (Å²) < 4.78 is 39.8. The van der Waals surface area contributed by atoms with E-state index in [-0.39, 0.29) is 23.3 Å². The zero-order valence-electron chi connectivity index (χ0n) is 11.8. The summed E-state index contributed by atoms with van der Waals surface area (Å²) in [6.07, 6.45) is 3.91. The van der Waals surface area contributed by atoms with Crippen molar-refractivity contribution in [2.45, 2.75) is 48.7 Å². The van der Waals surface area contributed by atoms with E-state index in [4.69, 9.17) is 0 Å². The molecule has 1 N–H and O–H groups in total. The Hall–Kier alpha value is -0.690. The summed E-state index contributed by atoms with van der Waals surface area (Å²) in [5.74, 6) is -0.523. The zero-order chi connectivity index (χ0) is 14.3. The predicted molar refractivity (Wildman–Crippen MR) is 81.6 cm³/mol. The van der Waals surface area contributed by atoms with Gasteiger partial charge in [0.1, 0.15) is 5.82 Å². The van der Waals surface area contributed by atoms with Gasteiger partial charge >= 0.3 is 0 Å². The molecule has 2 atom stereocenters. The van der Waals surface area contributed by atoms with E-state index in [1.165, 1.54) is 22.5 Å². The summed E-state index contributed by atoms with van der Waals surface area (Å²) in [6.45, 7) is 0. The van der Waals surface area contributed by atoms with Gasteiger partial charge in [-0.3, -0.25) is 0 Å². The number of nitrogens with one attached hydrogen (secondary N) is 1. The standard InChI is InChI=1S/C14H19FN2O2S.ClH/c1-17(13-8-11-5-6-12(9-13)16-11)20(18,19)14-4-2-3-10(15)7-14;/h2-4,7,11-13,16H,5-6,8-9H2,1H3;1H. The van der Waals surface area contributed by atoms with Gasteiger partial charge in [0.2, 0.25) is 10.0 Å². The van der Waals surface area contributed by atoms with Crippen molar-refractivity contribution >= 4 is 22.4 Å². The molecular weight excluding hydrogens is 315 g/mol. The largest absolute Gasteiger partial charge is 0.311 e. The van der Waals surface area contributed by atoms with Gasteiger partial charge in [0, 0.05) is 25.2 Å². The molecule has 0 radical (unpaired) electrons. The van der Waals surface area contributed by atoms with Crippen LogP contribution in [0.5, 0.6) is 0 Å². The lowest BCUT2D eigenvalue weighted by atomic mass is 10.0. The van der Waals surface area contributed by atoms with Crippen LogP contribution in [0.4, 0.5) is 4.39 Å². The van der Waals surface area contributed by atoms with Crippen LogP contribution < -0.4 is 5.32 Å². The molecular formula is C14H20ClFN2O2S. The maximum absolute atomic E-state index is 13.2. The van der Waals surface area contributed by atoms with E-state index in [9.17, 15) is 12.8 Å². The number of fused-ring (bicyclic) bond motifs is 2. The highest BCUT2D eigenvalue weighted by Crippen LogP contribution is 2.31. The van der Waals surface area contributed by atoms with Crippen LogP contribution in [0.25, 0.3) is 0 Å². The van der Waals surface area contributed by atoms with Crippen molar-refractivity contribution in [2.24, 2.45) is 0 Å². The predicted octanol–water partition coefficient (Wildman–Crippen LogP) is 2.15. The van der Waals surface area contributed by atoms with Crippen LogP contribution in [0.15, 0.2) is 29.2 Å². The minimum absolute atomic E-state index is 0. The smallest absolute Gasteiger partial charge is 0.243 e. The normalized spacial score (nSPS) is 28.4. The van der Waals surface area contributed by atoms with Crippen molar-refractivity contribution in [3.8, 4) is 0 Å². The molecule has 1 aromatic rings. The van der Waals surface area contributed by atoms with Gasteiger partial charge in [-0.1, -0.05) is 6.07 Å². The van der Waals surface area contributed by atoms with Crippen LogP contribution in [0.3, 0.4) is 0 Å². The lowest BCUT2D eigenvalue weighted by molar-refractivity contribution is 0.251. The van der Waals surface area contributed by atoms with Crippen LogP contribution >= 0.6 is 12.4 Å². The summed E-state index contributed by atoms with van der Waals surface area (Å²) >= 11 is 0. The van der Waals surface area contributed by atoms with E-state index in [1.54, 1.807) is 7.05 Å². The Kier molecular flexibility index (Phi) is 4.92. The summed E-state index contributed by atoms with van der Waals surface area (Å²) in [5.41, 5.74) is 0. The minimum atomic E-state index is -3.61. The van der Waals surface area contributed by atoms with Gasteiger partial charge in [0.05, 0.1) is 4.90 Å². The fourth-order valence-corrected chi connectivity index (χ4v) is 4.72. The molecule has 7 heteroatoms. The zero-order valence-corrected chi connectivity index (χ0v) is 13.5. The Labute approximate surface area is 131 Å². The molecule has 2 bridgehead atoms. The Morgan fingerprint density at radius 2 is 1.86 bits per heavy atom. The number of rotatable bonds is 3. The Morgan fingerprint density at radius 3 is 2.43 bits per heavy atom. The van der Waals surface area contributed by atoms with Crippen LogP contribution in [0.2, 0.25) is 0 Å². The number of nitrogens with zero attached hydrogens (tertiary/aromatic N) is 1. The summed E-state index contributed by atoms with van der Waals surface area (Å²) in [7, 11) is -2.01. The van der Waals surface area contributed by atoms with Gasteiger partial charge in [-0.05, 0) is 43.9 Å². The molecule has 0 aliphatic carbocycles. The molecule has 4 nitrogen and oxygen atoms in total. The van der Waals surface area contributed by atoms with Gasteiger partial charge < -0.3 is 5.32 Å². The van der Waals surface area contributed by atoms with E-state index in [0.29, 0.717) is 12.1 Å². The molecule has 2 aliphatic heterocycles. The van der Waals surface area contributed by atoms with Gasteiger partial charge in [-0.2, -0.15) is 4.31 Å². The van der Waals surface area contributed by atoms with Crippen molar-refractivity contribution < 1.29 is 12.8 Å². The number of benzene rings is 1. The quantitative estimate of drug-likeness (QED) is 0.921. The SMILES string of the molecule is CN(C1CC2CCC(C1)N2)S(=O)(=O)c1cccc(F)c1.Cl. The highest BCUT2D eigenvalue weighted by atomic mass is 35.5. The summed E-state index contributed by atoms with van der Waals surface area (Å²) in [5, 5.41) is 3.49. The molecule has 0 spiro atoms. The molecule has 2 fully saturated rings. The molecule has 2 unspecified atom stereocenters. The van der Waals surface area contributed by atoms with E-state index in [1.807, 2.05) is 0 Å². The molecule has 0 aromatic heterocycles. The highest BCUT2D eigenvalue weighted by Gasteiger charge is 2.38. The van der Waals surface area contributed by atoms with E-state index < -0.39 is 15.8 Å². The second-order valence-corrected chi connectivity index (χ2v) is 7.74. The summed E-state index contributed by atoms with van der Waals surface area (Å²) in [6, 6.07) is 6.06. The number of sulfonamides is 1. The van der Waals surface area contributed by atoms with E-state index in [0.717, 1.165) is 31.7 Å². The minimum Gasteiger partial charge on any atom is -0.311 e. The number of hydrogen-bond donors (Lipinski definition) is 1. The maximum Gasteiger partial charge on any atom is 0.243 e. The Balaban J connectivity index is 0.00000161. The molecule has 2 aliphatic rings. The first-order valence-corrected chi connectivity index (χ1v) is 8.40. The molecule has 0 amide bonds. The first kappa shape index (κ1) is 16.7. The molecule has 1 aromatic carbocycles. The van der Waals surface area contributed by atoms with Crippen molar-refractivity contribution in [1.29, 1.82) is 0 Å². The number of halogens is 2. The second kappa shape index (κ2) is 6.20. The third kappa shape index (κ3) is 3.23. The molecule has 2 saturated heterocycles. The molecule has 2 heterocycles. The number of piperidine rings is 1. The van der Waals surface area contributed by atoms with Gasteiger partial charge in [0.25, 0.3) is 0 Å². The van der Waals surface area contributed by atoms with Crippen LogP contribution in [-0.4, -0.2) is 37.9 Å². The molecule has 21 heavy (non-hydrogen) atoms. The Bertz CT molecular complexity index is 599. The Morgan fingerprint density at radius 1 is 1.24 bits per heavy atom. The maximum atomic E-state index is 13.2.